The molecule has 0 aliphatic carbocycles. The highest BCUT2D eigenvalue weighted by Gasteiger charge is 2.36. The Morgan fingerprint density at radius 1 is 0.865 bits per heavy atom. The second-order valence-corrected chi connectivity index (χ2v) is 10.9. The van der Waals surface area contributed by atoms with Crippen molar-refractivity contribution in [2.24, 2.45) is 0 Å². The maximum atomic E-state index is 12.1. The van der Waals surface area contributed by atoms with E-state index in [0.717, 1.165) is 38.5 Å². The van der Waals surface area contributed by atoms with E-state index in [0.29, 0.717) is 6.42 Å². The summed E-state index contributed by atoms with van der Waals surface area (Å²) in [7, 11) is -4.97. The van der Waals surface area contributed by atoms with Gasteiger partial charge in [0.15, 0.2) is 5.25 Å². The van der Waals surface area contributed by atoms with Crippen molar-refractivity contribution in [2.75, 3.05) is 0 Å². The number of aliphatic carboxylic acids is 1. The topological polar surface area (TPSA) is 156 Å². The SMILES string of the molecule is CCCCCCCC/C=C/CCCCCCCC(=O)NC(C)OC(C)OC(=O)C(CC(=O)O)S(=O)(=O)O. The largest absolute Gasteiger partial charge is 0.481 e. The number of esters is 1. The third kappa shape index (κ3) is 20.7. The molecule has 3 unspecified atom stereocenters. The Kier molecular flexibility index (Phi) is 19.9. The zero-order valence-corrected chi connectivity index (χ0v) is 23.5. The zero-order valence-electron chi connectivity index (χ0n) is 22.7. The number of amides is 1. The smallest absolute Gasteiger partial charge is 0.329 e. The van der Waals surface area contributed by atoms with Crippen LogP contribution in [0.15, 0.2) is 12.2 Å². The molecular formula is C26H47NO9S. The van der Waals surface area contributed by atoms with Crippen molar-refractivity contribution in [1.82, 2.24) is 5.32 Å². The Balaban J connectivity index is 3.91. The van der Waals surface area contributed by atoms with Gasteiger partial charge in [0, 0.05) is 6.42 Å². The molecule has 0 rings (SSSR count). The molecule has 0 saturated carbocycles. The number of allylic oxidation sites excluding steroid dienone is 2. The fourth-order valence-electron chi connectivity index (χ4n) is 3.71. The van der Waals surface area contributed by atoms with Crippen LogP contribution < -0.4 is 5.32 Å². The molecule has 0 saturated heterocycles. The Bertz CT molecular complexity index is 783. The second-order valence-electron chi connectivity index (χ2n) is 9.29. The van der Waals surface area contributed by atoms with E-state index in [1.54, 1.807) is 0 Å². The lowest BCUT2D eigenvalue weighted by Crippen LogP contribution is -2.40. The number of hydrogen-bond donors (Lipinski definition) is 3. The van der Waals surface area contributed by atoms with Crippen molar-refractivity contribution >= 4 is 28.0 Å². The van der Waals surface area contributed by atoms with Crippen molar-refractivity contribution < 1.29 is 41.9 Å². The highest BCUT2D eigenvalue weighted by molar-refractivity contribution is 7.87. The summed E-state index contributed by atoms with van der Waals surface area (Å²) in [6, 6.07) is 0. The predicted octanol–water partition coefficient (Wildman–Crippen LogP) is 5.12. The Morgan fingerprint density at radius 3 is 1.89 bits per heavy atom. The second kappa shape index (κ2) is 21.0. The monoisotopic (exact) mass is 549 g/mol. The molecule has 37 heavy (non-hydrogen) atoms. The van der Waals surface area contributed by atoms with Gasteiger partial charge in [-0.3, -0.25) is 18.9 Å². The summed E-state index contributed by atoms with van der Waals surface area (Å²) in [5.41, 5.74) is 0. The van der Waals surface area contributed by atoms with Gasteiger partial charge in [-0.2, -0.15) is 8.42 Å². The number of ether oxygens (including phenoxy) is 2. The van der Waals surface area contributed by atoms with Gasteiger partial charge in [-0.1, -0.05) is 70.4 Å². The third-order valence-electron chi connectivity index (χ3n) is 5.69. The number of nitrogens with one attached hydrogen (secondary N) is 1. The van der Waals surface area contributed by atoms with Crippen molar-refractivity contribution in [3.05, 3.63) is 12.2 Å². The minimum Gasteiger partial charge on any atom is -0.481 e. The normalized spacial score (nSPS) is 14.3. The number of carboxylic acid groups (broad SMARTS) is 1. The van der Waals surface area contributed by atoms with Crippen LogP contribution in [0.25, 0.3) is 0 Å². The molecule has 0 radical (unpaired) electrons. The Morgan fingerprint density at radius 2 is 1.38 bits per heavy atom. The number of rotatable bonds is 23. The summed E-state index contributed by atoms with van der Waals surface area (Å²) < 4.78 is 41.6. The van der Waals surface area contributed by atoms with Gasteiger partial charge >= 0.3 is 11.9 Å². The first-order valence-corrected chi connectivity index (χ1v) is 15.0. The average molecular weight is 550 g/mol. The van der Waals surface area contributed by atoms with Crippen LogP contribution in [-0.4, -0.2) is 53.7 Å². The van der Waals surface area contributed by atoms with Crippen LogP contribution in [0.3, 0.4) is 0 Å². The lowest BCUT2D eigenvalue weighted by Gasteiger charge is -2.21. The van der Waals surface area contributed by atoms with Crippen molar-refractivity contribution in [3.63, 3.8) is 0 Å². The van der Waals surface area contributed by atoms with Crippen LogP contribution in [0.4, 0.5) is 0 Å². The molecule has 10 nitrogen and oxygen atoms in total. The van der Waals surface area contributed by atoms with Gasteiger partial charge in [0.2, 0.25) is 12.2 Å². The van der Waals surface area contributed by atoms with Gasteiger partial charge in [0.05, 0.1) is 6.42 Å². The number of carbonyl (C=O) groups excluding carboxylic acids is 2. The number of hydrogen-bond acceptors (Lipinski definition) is 7. The van der Waals surface area contributed by atoms with E-state index in [-0.39, 0.29) is 5.91 Å². The molecule has 0 aliphatic heterocycles. The summed E-state index contributed by atoms with van der Waals surface area (Å²) >= 11 is 0. The van der Waals surface area contributed by atoms with Crippen LogP contribution in [0.2, 0.25) is 0 Å². The summed E-state index contributed by atoms with van der Waals surface area (Å²) in [5.74, 6) is -3.28. The fraction of sp³-hybridized carbons (Fsp3) is 0.808. The van der Waals surface area contributed by atoms with Crippen molar-refractivity contribution in [1.29, 1.82) is 0 Å². The summed E-state index contributed by atoms with van der Waals surface area (Å²) in [5, 5.41) is 9.05. The summed E-state index contributed by atoms with van der Waals surface area (Å²) in [6.07, 6.45) is 16.8. The molecular weight excluding hydrogens is 502 g/mol. The van der Waals surface area contributed by atoms with Gasteiger partial charge in [0.1, 0.15) is 6.23 Å². The third-order valence-corrected chi connectivity index (χ3v) is 6.77. The van der Waals surface area contributed by atoms with E-state index >= 15 is 0 Å². The minimum atomic E-state index is -4.97. The fourth-order valence-corrected chi connectivity index (χ4v) is 4.36. The quantitative estimate of drug-likeness (QED) is 0.0517. The maximum absolute atomic E-state index is 12.1. The molecule has 0 spiro atoms. The van der Waals surface area contributed by atoms with Crippen LogP contribution in [0, 0.1) is 0 Å². The number of carboxylic acids is 1. The van der Waals surface area contributed by atoms with Gasteiger partial charge < -0.3 is 19.9 Å². The van der Waals surface area contributed by atoms with Crippen LogP contribution in [0.5, 0.6) is 0 Å². The molecule has 0 fully saturated rings. The highest BCUT2D eigenvalue weighted by atomic mass is 32.2. The molecule has 0 aromatic rings. The molecule has 0 bridgehead atoms. The van der Waals surface area contributed by atoms with Gasteiger partial charge in [-0.25, -0.2) is 0 Å². The number of unbranched alkanes of at least 4 members (excludes halogenated alkanes) is 11. The molecule has 0 aromatic heterocycles. The Labute approximate surface area is 222 Å². The molecule has 11 heteroatoms. The lowest BCUT2D eigenvalue weighted by atomic mass is 10.1. The maximum Gasteiger partial charge on any atom is 0.329 e. The minimum absolute atomic E-state index is 0.231. The van der Waals surface area contributed by atoms with Crippen LogP contribution >= 0.6 is 0 Å². The summed E-state index contributed by atoms with van der Waals surface area (Å²) in [6.45, 7) is 5.03. The van der Waals surface area contributed by atoms with E-state index < -0.39 is 46.2 Å². The number of carbonyl (C=O) groups is 3. The summed E-state index contributed by atoms with van der Waals surface area (Å²) in [4.78, 5) is 34.7. The van der Waals surface area contributed by atoms with E-state index in [4.69, 9.17) is 19.1 Å². The lowest BCUT2D eigenvalue weighted by molar-refractivity contribution is -0.186. The van der Waals surface area contributed by atoms with Crippen LogP contribution in [0.1, 0.15) is 117 Å². The zero-order chi connectivity index (χ0) is 28.1. The molecule has 1 amide bonds. The van der Waals surface area contributed by atoms with Crippen LogP contribution in [-0.2, 0) is 34.0 Å². The first-order chi connectivity index (χ1) is 17.5. The van der Waals surface area contributed by atoms with E-state index in [1.807, 2.05) is 0 Å². The van der Waals surface area contributed by atoms with Crippen molar-refractivity contribution in [3.8, 4) is 0 Å². The molecule has 3 atom stereocenters. The highest BCUT2D eigenvalue weighted by Crippen LogP contribution is 2.12. The molecule has 0 aromatic carbocycles. The average Bonchev–Trinajstić information content (AvgIpc) is 2.78. The van der Waals surface area contributed by atoms with E-state index in [2.05, 4.69) is 24.4 Å². The predicted molar refractivity (Wildman–Crippen MR) is 141 cm³/mol. The van der Waals surface area contributed by atoms with E-state index in [9.17, 15) is 22.8 Å². The first-order valence-electron chi connectivity index (χ1n) is 13.5. The van der Waals surface area contributed by atoms with Gasteiger partial charge in [-0.15, -0.1) is 0 Å². The molecule has 0 heterocycles. The van der Waals surface area contributed by atoms with Crippen molar-refractivity contribution in [2.45, 2.75) is 135 Å². The van der Waals surface area contributed by atoms with E-state index in [1.165, 1.54) is 58.8 Å². The van der Waals surface area contributed by atoms with Gasteiger partial charge in [0.25, 0.3) is 10.1 Å². The standard InChI is InChI=1S/C26H47NO9S/c1-4-5-6-7-8-9-10-11-12-13-14-15-16-17-18-19-24(28)27-21(2)35-22(3)36-26(31)23(20-25(29)30)37(32,33)34/h11-12,21-23H,4-10,13-20H2,1-3H3,(H,27,28)(H,29,30)(H,32,33,34)/b12-11+. The molecule has 3 N–H and O–H groups in total. The molecule has 216 valence electrons. The Hall–Kier alpha value is -1.98. The van der Waals surface area contributed by atoms with Gasteiger partial charge in [-0.05, 0) is 46.0 Å². The molecule has 0 aliphatic rings. The first kappa shape index (κ1) is 35.0.